The van der Waals surface area contributed by atoms with Crippen molar-refractivity contribution >= 4 is 17.9 Å². The molecule has 3 amide bonds. The standard InChI is InChI=1S/C13H22N2O5/c1-13(2,11(17)18)8-10(16)14-12(19)15(6-7-20-3)9-4-5-9/h9H,4-8H2,1-3H3,(H,17,18)(H,14,16,19). The first kappa shape index (κ1) is 16.4. The van der Waals surface area contributed by atoms with Crippen molar-refractivity contribution in [2.24, 2.45) is 5.41 Å². The minimum atomic E-state index is -1.19. The molecule has 0 aromatic heterocycles. The van der Waals surface area contributed by atoms with Crippen molar-refractivity contribution in [2.45, 2.75) is 39.2 Å². The summed E-state index contributed by atoms with van der Waals surface area (Å²) < 4.78 is 4.93. The number of imide groups is 1. The average molecular weight is 286 g/mol. The molecule has 7 heteroatoms. The molecule has 0 bridgehead atoms. The average Bonchev–Trinajstić information content (AvgIpc) is 3.12. The lowest BCUT2D eigenvalue weighted by Crippen LogP contribution is -2.46. The van der Waals surface area contributed by atoms with E-state index in [1.54, 1.807) is 12.0 Å². The van der Waals surface area contributed by atoms with E-state index in [1.807, 2.05) is 0 Å². The summed E-state index contributed by atoms with van der Waals surface area (Å²) in [6.45, 7) is 3.72. The number of carboxylic acids is 1. The number of nitrogens with zero attached hydrogens (tertiary/aromatic N) is 1. The molecule has 1 fully saturated rings. The number of hydrogen-bond acceptors (Lipinski definition) is 4. The van der Waals surface area contributed by atoms with Gasteiger partial charge in [0.15, 0.2) is 0 Å². The highest BCUT2D eigenvalue weighted by Gasteiger charge is 2.35. The van der Waals surface area contributed by atoms with E-state index in [1.165, 1.54) is 13.8 Å². The molecule has 0 spiro atoms. The van der Waals surface area contributed by atoms with Crippen molar-refractivity contribution in [3.05, 3.63) is 0 Å². The quantitative estimate of drug-likeness (QED) is 0.723. The van der Waals surface area contributed by atoms with Gasteiger partial charge in [-0.25, -0.2) is 4.79 Å². The lowest BCUT2D eigenvalue weighted by Gasteiger charge is -2.23. The zero-order valence-electron chi connectivity index (χ0n) is 12.1. The minimum absolute atomic E-state index is 0.158. The predicted molar refractivity (Wildman–Crippen MR) is 71.2 cm³/mol. The number of urea groups is 1. The van der Waals surface area contributed by atoms with Crippen LogP contribution in [0, 0.1) is 5.41 Å². The van der Waals surface area contributed by atoms with Gasteiger partial charge in [0.25, 0.3) is 0 Å². The second kappa shape index (κ2) is 6.69. The van der Waals surface area contributed by atoms with Crippen molar-refractivity contribution in [1.82, 2.24) is 10.2 Å². The maximum atomic E-state index is 12.0. The van der Waals surface area contributed by atoms with Gasteiger partial charge in [0.2, 0.25) is 5.91 Å². The van der Waals surface area contributed by atoms with E-state index in [0.29, 0.717) is 13.2 Å². The van der Waals surface area contributed by atoms with Crippen LogP contribution < -0.4 is 5.32 Å². The third kappa shape index (κ3) is 4.80. The molecule has 114 valence electrons. The molecule has 1 saturated carbocycles. The van der Waals surface area contributed by atoms with Gasteiger partial charge in [0, 0.05) is 26.1 Å². The van der Waals surface area contributed by atoms with Crippen LogP contribution in [0.4, 0.5) is 4.79 Å². The van der Waals surface area contributed by atoms with Crippen molar-refractivity contribution in [3.63, 3.8) is 0 Å². The fraction of sp³-hybridized carbons (Fsp3) is 0.769. The van der Waals surface area contributed by atoms with Crippen LogP contribution in [0.2, 0.25) is 0 Å². The Morgan fingerprint density at radius 3 is 2.40 bits per heavy atom. The van der Waals surface area contributed by atoms with Gasteiger partial charge in [0.05, 0.1) is 12.0 Å². The molecule has 0 aromatic carbocycles. The van der Waals surface area contributed by atoms with E-state index in [2.05, 4.69) is 5.32 Å². The fourth-order valence-electron chi connectivity index (χ4n) is 1.74. The number of amides is 3. The summed E-state index contributed by atoms with van der Waals surface area (Å²) in [4.78, 5) is 36.2. The van der Waals surface area contributed by atoms with Crippen LogP contribution in [0.3, 0.4) is 0 Å². The van der Waals surface area contributed by atoms with E-state index in [-0.39, 0.29) is 12.5 Å². The number of carbonyl (C=O) groups is 3. The second-order valence-electron chi connectivity index (χ2n) is 5.64. The Kier molecular flexibility index (Phi) is 5.50. The zero-order chi connectivity index (χ0) is 15.3. The lowest BCUT2D eigenvalue weighted by atomic mass is 9.89. The van der Waals surface area contributed by atoms with Crippen LogP contribution in [0.25, 0.3) is 0 Å². The van der Waals surface area contributed by atoms with Gasteiger partial charge < -0.3 is 14.7 Å². The molecule has 1 aliphatic carbocycles. The second-order valence-corrected chi connectivity index (χ2v) is 5.64. The summed E-state index contributed by atoms with van der Waals surface area (Å²) in [5, 5.41) is 11.2. The molecule has 0 aliphatic heterocycles. The van der Waals surface area contributed by atoms with Gasteiger partial charge in [-0.15, -0.1) is 0 Å². The number of aliphatic carboxylic acids is 1. The van der Waals surface area contributed by atoms with Gasteiger partial charge in [-0.05, 0) is 26.7 Å². The molecule has 0 atom stereocenters. The van der Waals surface area contributed by atoms with Gasteiger partial charge >= 0.3 is 12.0 Å². The number of rotatable bonds is 7. The number of ether oxygens (including phenoxy) is 1. The van der Waals surface area contributed by atoms with Crippen LogP contribution in [0.5, 0.6) is 0 Å². The Morgan fingerprint density at radius 1 is 1.35 bits per heavy atom. The van der Waals surface area contributed by atoms with Crippen LogP contribution in [0.1, 0.15) is 33.1 Å². The fourth-order valence-corrected chi connectivity index (χ4v) is 1.74. The van der Waals surface area contributed by atoms with E-state index in [0.717, 1.165) is 12.8 Å². The largest absolute Gasteiger partial charge is 0.481 e. The zero-order valence-corrected chi connectivity index (χ0v) is 12.1. The highest BCUT2D eigenvalue weighted by atomic mass is 16.5. The lowest BCUT2D eigenvalue weighted by molar-refractivity contribution is -0.149. The van der Waals surface area contributed by atoms with Crippen molar-refractivity contribution < 1.29 is 24.2 Å². The van der Waals surface area contributed by atoms with Crippen molar-refractivity contribution in [3.8, 4) is 0 Å². The molecule has 20 heavy (non-hydrogen) atoms. The highest BCUT2D eigenvalue weighted by Crippen LogP contribution is 2.26. The number of methoxy groups -OCH3 is 1. The summed E-state index contributed by atoms with van der Waals surface area (Å²) >= 11 is 0. The third-order valence-electron chi connectivity index (χ3n) is 3.21. The summed E-state index contributed by atoms with van der Waals surface area (Å²) in [6, 6.07) is -0.318. The Hall–Kier alpha value is -1.63. The SMILES string of the molecule is COCCN(C(=O)NC(=O)CC(C)(C)C(=O)O)C1CC1. The summed E-state index contributed by atoms with van der Waals surface area (Å²) in [5.41, 5.74) is -1.19. The highest BCUT2D eigenvalue weighted by molar-refractivity contribution is 5.96. The predicted octanol–water partition coefficient (Wildman–Crippen LogP) is 0.834. The van der Waals surface area contributed by atoms with Crippen LogP contribution in [-0.4, -0.2) is 54.2 Å². The molecule has 0 aromatic rings. The number of nitrogens with one attached hydrogen (secondary N) is 1. The Morgan fingerprint density at radius 2 is 1.95 bits per heavy atom. The monoisotopic (exact) mass is 286 g/mol. The molecule has 2 N–H and O–H groups in total. The van der Waals surface area contributed by atoms with Gasteiger partial charge in [-0.1, -0.05) is 0 Å². The van der Waals surface area contributed by atoms with E-state index in [4.69, 9.17) is 9.84 Å². The van der Waals surface area contributed by atoms with Crippen LogP contribution in [-0.2, 0) is 14.3 Å². The topological polar surface area (TPSA) is 95.9 Å². The van der Waals surface area contributed by atoms with Gasteiger partial charge in [-0.2, -0.15) is 0 Å². The Balaban J connectivity index is 2.51. The first-order chi connectivity index (χ1) is 9.27. The summed E-state index contributed by atoms with van der Waals surface area (Å²) in [6.07, 6.45) is 1.61. The van der Waals surface area contributed by atoms with Gasteiger partial charge in [-0.3, -0.25) is 14.9 Å². The molecule has 0 heterocycles. The number of carboxylic acid groups (broad SMARTS) is 1. The summed E-state index contributed by atoms with van der Waals surface area (Å²) in [7, 11) is 1.55. The maximum Gasteiger partial charge on any atom is 0.324 e. The number of hydrogen-bond donors (Lipinski definition) is 2. The molecule has 7 nitrogen and oxygen atoms in total. The maximum absolute atomic E-state index is 12.0. The van der Waals surface area contributed by atoms with Crippen LogP contribution in [0.15, 0.2) is 0 Å². The Labute approximate surface area is 118 Å². The van der Waals surface area contributed by atoms with Crippen molar-refractivity contribution in [1.29, 1.82) is 0 Å². The molecule has 1 aliphatic rings. The van der Waals surface area contributed by atoms with Gasteiger partial charge in [0.1, 0.15) is 0 Å². The molecular weight excluding hydrogens is 264 g/mol. The normalized spacial score (nSPS) is 14.8. The van der Waals surface area contributed by atoms with Crippen molar-refractivity contribution in [2.75, 3.05) is 20.3 Å². The van der Waals surface area contributed by atoms with Crippen LogP contribution >= 0.6 is 0 Å². The number of carbonyl (C=O) groups excluding carboxylic acids is 2. The first-order valence-corrected chi connectivity index (χ1v) is 6.60. The van der Waals surface area contributed by atoms with E-state index in [9.17, 15) is 14.4 Å². The van der Waals surface area contributed by atoms with E-state index >= 15 is 0 Å². The molecule has 0 saturated heterocycles. The molecular formula is C13H22N2O5. The molecule has 1 rings (SSSR count). The summed E-state index contributed by atoms with van der Waals surface area (Å²) in [5.74, 6) is -1.65. The molecule has 0 unspecified atom stereocenters. The smallest absolute Gasteiger partial charge is 0.324 e. The molecule has 0 radical (unpaired) electrons. The Bertz CT molecular complexity index is 390. The van der Waals surface area contributed by atoms with E-state index < -0.39 is 23.3 Å². The minimum Gasteiger partial charge on any atom is -0.481 e. The first-order valence-electron chi connectivity index (χ1n) is 6.60. The third-order valence-corrected chi connectivity index (χ3v) is 3.21.